The van der Waals surface area contributed by atoms with Gasteiger partial charge in [-0.1, -0.05) is 20.8 Å². The summed E-state index contributed by atoms with van der Waals surface area (Å²) in [4.78, 5) is 0. The molecule has 0 radical (unpaired) electrons. The van der Waals surface area contributed by atoms with E-state index in [1.165, 1.54) is 0 Å². The minimum Gasteiger partial charge on any atom is -0.373 e. The second kappa shape index (κ2) is 6.51. The van der Waals surface area contributed by atoms with Gasteiger partial charge in [0.1, 0.15) is 0 Å². The van der Waals surface area contributed by atoms with Crippen LogP contribution in [-0.4, -0.2) is 29.6 Å². The first-order valence-corrected chi connectivity index (χ1v) is 6.34. The second-order valence-electron chi connectivity index (χ2n) is 5.52. The van der Waals surface area contributed by atoms with E-state index < -0.39 is 29.8 Å². The molecule has 20 heavy (non-hydrogen) atoms. The average molecular weight is 309 g/mol. The van der Waals surface area contributed by atoms with E-state index in [1.54, 1.807) is 13.8 Å². The minimum absolute atomic E-state index is 0.00613. The maximum Gasteiger partial charge on any atom is 0.426 e. The third-order valence-corrected chi connectivity index (χ3v) is 3.54. The van der Waals surface area contributed by atoms with Gasteiger partial charge in [-0.3, -0.25) is 0 Å². The van der Waals surface area contributed by atoms with Crippen molar-refractivity contribution in [2.24, 2.45) is 23.5 Å². The van der Waals surface area contributed by atoms with Crippen LogP contribution in [0.5, 0.6) is 0 Å². The summed E-state index contributed by atoms with van der Waals surface area (Å²) in [5.41, 5.74) is 0.547. The molecule has 0 aliphatic heterocycles. The van der Waals surface area contributed by atoms with Gasteiger partial charge < -0.3 is 10.8 Å². The van der Waals surface area contributed by atoms with Gasteiger partial charge in [0.15, 0.2) is 0 Å². The lowest BCUT2D eigenvalue weighted by Crippen LogP contribution is -2.62. The summed E-state index contributed by atoms with van der Waals surface area (Å²) in [6.07, 6.45) is -11.4. The first-order chi connectivity index (χ1) is 8.79. The van der Waals surface area contributed by atoms with Gasteiger partial charge in [0, 0.05) is 5.92 Å². The Bertz CT molecular complexity index is 285. The number of hydrogen-bond acceptors (Lipinski definition) is 2. The average Bonchev–Trinajstić information content (AvgIpc) is 2.22. The molecule has 3 N–H and O–H groups in total. The zero-order valence-electron chi connectivity index (χ0n) is 11.6. The number of alkyl halides is 6. The van der Waals surface area contributed by atoms with Crippen molar-refractivity contribution in [1.29, 1.82) is 0 Å². The maximum atomic E-state index is 12.8. The normalized spacial score (nSPS) is 17.4. The van der Waals surface area contributed by atoms with Gasteiger partial charge in [0.05, 0.1) is 0 Å². The highest BCUT2D eigenvalue weighted by Gasteiger charge is 2.73. The lowest BCUT2D eigenvalue weighted by atomic mass is 9.73. The van der Waals surface area contributed by atoms with Gasteiger partial charge in [0.25, 0.3) is 5.60 Å². The predicted octanol–water partition coefficient (Wildman–Crippen LogP) is 3.49. The molecular formula is C12H21F6NO. The first-order valence-electron chi connectivity index (χ1n) is 6.34. The van der Waals surface area contributed by atoms with Crippen LogP contribution in [0.2, 0.25) is 0 Å². The van der Waals surface area contributed by atoms with Crippen molar-refractivity contribution in [3.05, 3.63) is 0 Å². The molecule has 0 aromatic rings. The summed E-state index contributed by atoms with van der Waals surface area (Å²) >= 11 is 0. The van der Waals surface area contributed by atoms with Crippen LogP contribution < -0.4 is 5.73 Å². The predicted molar refractivity (Wildman–Crippen MR) is 62.8 cm³/mol. The van der Waals surface area contributed by atoms with Crippen LogP contribution in [0.25, 0.3) is 0 Å². The van der Waals surface area contributed by atoms with Crippen LogP contribution in [-0.2, 0) is 0 Å². The van der Waals surface area contributed by atoms with Crippen LogP contribution in [0.4, 0.5) is 26.3 Å². The molecule has 0 spiro atoms. The monoisotopic (exact) mass is 309 g/mol. The van der Waals surface area contributed by atoms with E-state index in [2.05, 4.69) is 0 Å². The fraction of sp³-hybridized carbons (Fsp3) is 1.00. The Morgan fingerprint density at radius 3 is 1.60 bits per heavy atom. The number of hydrogen-bond donors (Lipinski definition) is 2. The summed E-state index contributed by atoms with van der Waals surface area (Å²) in [5, 5.41) is 9.37. The smallest absolute Gasteiger partial charge is 0.373 e. The van der Waals surface area contributed by atoms with Crippen molar-refractivity contribution >= 4 is 0 Å². The fourth-order valence-electron chi connectivity index (χ4n) is 2.41. The van der Waals surface area contributed by atoms with Crippen molar-refractivity contribution in [3.63, 3.8) is 0 Å². The van der Waals surface area contributed by atoms with Gasteiger partial charge in [0.2, 0.25) is 0 Å². The van der Waals surface area contributed by atoms with E-state index >= 15 is 0 Å². The topological polar surface area (TPSA) is 46.2 Å². The summed E-state index contributed by atoms with van der Waals surface area (Å²) in [5.74, 6) is -3.08. The van der Waals surface area contributed by atoms with Crippen LogP contribution in [0, 0.1) is 17.8 Å². The SMILES string of the molecule is CC(C)CC(CCN)C(C)C(O)(C(F)(F)F)C(F)(F)F. The first kappa shape index (κ1) is 19.5. The molecule has 0 amide bonds. The van der Waals surface area contributed by atoms with E-state index in [0.717, 1.165) is 6.92 Å². The molecule has 0 saturated carbocycles. The molecule has 0 fully saturated rings. The Kier molecular flexibility index (Phi) is 6.35. The number of halogens is 6. The standard InChI is InChI=1S/C12H21F6NO/c1-7(2)6-9(4-5-19)8(3)10(20,11(13,14)15)12(16,17)18/h7-9,20H,4-6,19H2,1-3H3. The molecule has 2 atom stereocenters. The van der Waals surface area contributed by atoms with Gasteiger partial charge in [-0.05, 0) is 31.2 Å². The zero-order valence-corrected chi connectivity index (χ0v) is 11.6. The van der Waals surface area contributed by atoms with E-state index in [1.807, 2.05) is 0 Å². The Hall–Kier alpha value is -0.500. The lowest BCUT2D eigenvalue weighted by Gasteiger charge is -2.41. The molecule has 0 aromatic carbocycles. The van der Waals surface area contributed by atoms with E-state index in [4.69, 9.17) is 5.73 Å². The number of aliphatic hydroxyl groups is 1. The molecule has 0 aromatic heterocycles. The summed E-state index contributed by atoms with van der Waals surface area (Å²) in [6, 6.07) is 0. The molecule has 2 unspecified atom stereocenters. The van der Waals surface area contributed by atoms with Gasteiger partial charge in [-0.15, -0.1) is 0 Å². The summed E-state index contributed by atoms with van der Waals surface area (Å²) in [6.45, 7) is 4.13. The number of nitrogens with two attached hydrogens (primary N) is 1. The Labute approximate surface area is 114 Å². The van der Waals surface area contributed by atoms with Crippen molar-refractivity contribution in [2.75, 3.05) is 6.54 Å². The highest BCUT2D eigenvalue weighted by Crippen LogP contribution is 2.50. The summed E-state index contributed by atoms with van der Waals surface area (Å²) < 4.78 is 76.7. The Morgan fingerprint density at radius 1 is 0.950 bits per heavy atom. The zero-order chi connectivity index (χ0) is 16.4. The Morgan fingerprint density at radius 2 is 1.35 bits per heavy atom. The molecule has 122 valence electrons. The Balaban J connectivity index is 5.57. The highest BCUT2D eigenvalue weighted by molar-refractivity contribution is 5.00. The third kappa shape index (κ3) is 4.00. The fourth-order valence-corrected chi connectivity index (χ4v) is 2.41. The van der Waals surface area contributed by atoms with Crippen LogP contribution in [0.3, 0.4) is 0 Å². The van der Waals surface area contributed by atoms with Gasteiger partial charge in [-0.2, -0.15) is 26.3 Å². The lowest BCUT2D eigenvalue weighted by molar-refractivity contribution is -0.388. The van der Waals surface area contributed by atoms with Crippen molar-refractivity contribution in [3.8, 4) is 0 Å². The van der Waals surface area contributed by atoms with Crippen LogP contribution in [0.1, 0.15) is 33.6 Å². The quantitative estimate of drug-likeness (QED) is 0.738. The molecule has 0 bridgehead atoms. The maximum absolute atomic E-state index is 12.8. The largest absolute Gasteiger partial charge is 0.426 e. The molecule has 8 heteroatoms. The van der Waals surface area contributed by atoms with Gasteiger partial charge >= 0.3 is 12.4 Å². The van der Waals surface area contributed by atoms with E-state index in [9.17, 15) is 31.4 Å². The van der Waals surface area contributed by atoms with Crippen molar-refractivity contribution < 1.29 is 31.4 Å². The van der Waals surface area contributed by atoms with E-state index in [0.29, 0.717) is 0 Å². The molecule has 0 saturated heterocycles. The number of rotatable bonds is 6. The summed E-state index contributed by atoms with van der Waals surface area (Å²) in [7, 11) is 0. The molecule has 2 nitrogen and oxygen atoms in total. The molecule has 0 aliphatic rings. The van der Waals surface area contributed by atoms with E-state index in [-0.39, 0.29) is 25.3 Å². The minimum atomic E-state index is -5.78. The molecule has 0 aliphatic carbocycles. The molecule has 0 heterocycles. The molecule has 0 rings (SSSR count). The van der Waals surface area contributed by atoms with Crippen molar-refractivity contribution in [1.82, 2.24) is 0 Å². The molecular weight excluding hydrogens is 288 g/mol. The van der Waals surface area contributed by atoms with Crippen molar-refractivity contribution in [2.45, 2.75) is 51.6 Å². The van der Waals surface area contributed by atoms with Crippen LogP contribution in [0.15, 0.2) is 0 Å². The third-order valence-electron chi connectivity index (χ3n) is 3.54. The van der Waals surface area contributed by atoms with Crippen LogP contribution >= 0.6 is 0 Å². The second-order valence-corrected chi connectivity index (χ2v) is 5.52. The van der Waals surface area contributed by atoms with Gasteiger partial charge in [-0.25, -0.2) is 0 Å². The highest BCUT2D eigenvalue weighted by atomic mass is 19.4.